The zero-order valence-corrected chi connectivity index (χ0v) is 22.3. The molecule has 5 rings (SSSR count). The van der Waals surface area contributed by atoms with E-state index in [1.54, 1.807) is 6.07 Å². The first-order valence-electron chi connectivity index (χ1n) is 13.4. The van der Waals surface area contributed by atoms with Gasteiger partial charge >= 0.3 is 0 Å². The molecule has 0 atom stereocenters. The van der Waals surface area contributed by atoms with Crippen molar-refractivity contribution in [2.24, 2.45) is 5.92 Å². The maximum absolute atomic E-state index is 13.9. The van der Waals surface area contributed by atoms with E-state index < -0.39 is 0 Å². The van der Waals surface area contributed by atoms with E-state index in [0.29, 0.717) is 22.2 Å². The average Bonchev–Trinajstić information content (AvgIpc) is 2.89. The number of thioether (sulfide) groups is 1. The fraction of sp³-hybridized carbons (Fsp3) is 0.452. The number of rotatable bonds is 6. The molecule has 3 aromatic carbocycles. The van der Waals surface area contributed by atoms with Crippen LogP contribution in [0.2, 0.25) is 0 Å². The molecule has 2 aliphatic rings. The predicted octanol–water partition coefficient (Wildman–Crippen LogP) is 7.04. The Bertz CT molecular complexity index is 1180. The van der Waals surface area contributed by atoms with Gasteiger partial charge in [0.1, 0.15) is 5.82 Å². The molecule has 0 aliphatic carbocycles. The largest absolute Gasteiger partial charge is 0.339 e. The smallest absolute Gasteiger partial charge is 0.254 e. The first kappa shape index (κ1) is 25.3. The molecule has 0 N–H and O–H groups in total. The van der Waals surface area contributed by atoms with Crippen molar-refractivity contribution in [3.05, 3.63) is 77.6 Å². The summed E-state index contributed by atoms with van der Waals surface area (Å²) in [5, 5.41) is 2.23. The van der Waals surface area contributed by atoms with Gasteiger partial charge in [-0.05, 0) is 97.8 Å². The summed E-state index contributed by atoms with van der Waals surface area (Å²) in [5.74, 6) is 0.492. The topological polar surface area (TPSA) is 23.6 Å². The van der Waals surface area contributed by atoms with Gasteiger partial charge < -0.3 is 9.80 Å². The van der Waals surface area contributed by atoms with Crippen molar-refractivity contribution >= 4 is 28.4 Å². The molecule has 3 aromatic rings. The van der Waals surface area contributed by atoms with Crippen LogP contribution in [0.3, 0.4) is 0 Å². The van der Waals surface area contributed by atoms with Gasteiger partial charge in [0.25, 0.3) is 5.91 Å². The van der Waals surface area contributed by atoms with E-state index in [9.17, 15) is 9.18 Å². The first-order chi connectivity index (χ1) is 17.5. The molecule has 2 aliphatic heterocycles. The van der Waals surface area contributed by atoms with Crippen LogP contribution in [0.4, 0.5) is 4.39 Å². The molecule has 0 spiro atoms. The zero-order chi connectivity index (χ0) is 25.1. The number of carbonyl (C=O) groups excluding carboxylic acids is 1. The van der Waals surface area contributed by atoms with Gasteiger partial charge in [-0.1, -0.05) is 44.2 Å². The van der Waals surface area contributed by atoms with Crippen LogP contribution in [0, 0.1) is 11.7 Å². The quantitative estimate of drug-likeness (QED) is 0.337. The van der Waals surface area contributed by atoms with Crippen LogP contribution in [0.25, 0.3) is 10.8 Å². The summed E-state index contributed by atoms with van der Waals surface area (Å²) in [7, 11) is 0. The number of piperidine rings is 2. The molecule has 0 aromatic heterocycles. The van der Waals surface area contributed by atoms with Gasteiger partial charge in [0.15, 0.2) is 0 Å². The Hall–Kier alpha value is -2.37. The number of hydrogen-bond acceptors (Lipinski definition) is 3. The molecule has 0 unspecified atom stereocenters. The van der Waals surface area contributed by atoms with Gasteiger partial charge in [-0.2, -0.15) is 0 Å². The van der Waals surface area contributed by atoms with E-state index in [1.165, 1.54) is 41.9 Å². The van der Waals surface area contributed by atoms with Crippen molar-refractivity contribution < 1.29 is 9.18 Å². The zero-order valence-electron chi connectivity index (χ0n) is 21.5. The summed E-state index contributed by atoms with van der Waals surface area (Å²) in [6.07, 6.45) is 5.72. The van der Waals surface area contributed by atoms with Crippen LogP contribution in [-0.4, -0.2) is 53.2 Å². The van der Waals surface area contributed by atoms with E-state index in [4.69, 9.17) is 0 Å². The third-order valence-electron chi connectivity index (χ3n) is 7.81. The SMILES string of the molecule is CC(C)Sc1ccc(CC2CCN(C3CCN(C(=O)c4cccc5ccc(F)cc45)CC3)CC2)cc1. The van der Waals surface area contributed by atoms with Gasteiger partial charge in [-0.3, -0.25) is 4.79 Å². The fourth-order valence-corrected chi connectivity index (χ4v) is 6.71. The van der Waals surface area contributed by atoms with Gasteiger partial charge in [-0.15, -0.1) is 11.8 Å². The molecule has 2 fully saturated rings. The highest BCUT2D eigenvalue weighted by molar-refractivity contribution is 7.99. The van der Waals surface area contributed by atoms with Crippen LogP contribution in [0.5, 0.6) is 0 Å². The molecule has 2 saturated heterocycles. The standard InChI is InChI=1S/C31H37FN2OS/c1-22(2)36-28-10-6-23(7-11-28)20-24-12-16-33(17-13-24)27-14-18-34(19-15-27)31(35)29-5-3-4-25-8-9-26(32)21-30(25)29/h3-11,21-22,24,27H,12-20H2,1-2H3. The minimum Gasteiger partial charge on any atom is -0.339 e. The number of carbonyl (C=O) groups is 1. The molecular formula is C31H37FN2OS. The first-order valence-corrected chi connectivity index (χ1v) is 14.3. The molecule has 2 heterocycles. The van der Waals surface area contributed by atoms with Crippen LogP contribution >= 0.6 is 11.8 Å². The third-order valence-corrected chi connectivity index (χ3v) is 8.83. The Labute approximate surface area is 219 Å². The van der Waals surface area contributed by atoms with Crippen molar-refractivity contribution in [1.29, 1.82) is 0 Å². The lowest BCUT2D eigenvalue weighted by atomic mass is 9.88. The Morgan fingerprint density at radius 1 is 0.944 bits per heavy atom. The molecular weight excluding hydrogens is 467 g/mol. The molecule has 1 amide bonds. The summed E-state index contributed by atoms with van der Waals surface area (Å²) < 4.78 is 13.9. The summed E-state index contributed by atoms with van der Waals surface area (Å²) in [5.41, 5.74) is 2.07. The molecule has 5 heteroatoms. The monoisotopic (exact) mass is 504 g/mol. The minimum atomic E-state index is -0.299. The normalized spacial score (nSPS) is 18.3. The van der Waals surface area contributed by atoms with Gasteiger partial charge in [0.2, 0.25) is 0 Å². The number of amides is 1. The maximum Gasteiger partial charge on any atom is 0.254 e. The van der Waals surface area contributed by atoms with E-state index in [2.05, 4.69) is 43.0 Å². The number of hydrogen-bond donors (Lipinski definition) is 0. The minimum absolute atomic E-state index is 0.0289. The summed E-state index contributed by atoms with van der Waals surface area (Å²) >= 11 is 1.92. The lowest BCUT2D eigenvalue weighted by Gasteiger charge is -2.42. The van der Waals surface area contributed by atoms with Crippen LogP contribution in [-0.2, 0) is 6.42 Å². The second kappa shape index (κ2) is 11.4. The summed E-state index contributed by atoms with van der Waals surface area (Å²) in [6.45, 7) is 8.34. The predicted molar refractivity (Wildman–Crippen MR) is 148 cm³/mol. The lowest BCUT2D eigenvalue weighted by molar-refractivity contribution is 0.0554. The number of benzene rings is 3. The highest BCUT2D eigenvalue weighted by Gasteiger charge is 2.30. The van der Waals surface area contributed by atoms with Crippen LogP contribution in [0.1, 0.15) is 55.5 Å². The van der Waals surface area contributed by atoms with Crippen LogP contribution < -0.4 is 0 Å². The third kappa shape index (κ3) is 5.95. The molecule has 3 nitrogen and oxygen atoms in total. The fourth-order valence-electron chi connectivity index (χ4n) is 5.87. The number of nitrogens with zero attached hydrogens (tertiary/aromatic N) is 2. The van der Waals surface area contributed by atoms with Crippen molar-refractivity contribution in [2.75, 3.05) is 26.2 Å². The van der Waals surface area contributed by atoms with E-state index in [-0.39, 0.29) is 11.7 Å². The lowest BCUT2D eigenvalue weighted by Crippen LogP contribution is -2.49. The second-order valence-electron chi connectivity index (χ2n) is 10.7. The Morgan fingerprint density at radius 2 is 1.67 bits per heavy atom. The van der Waals surface area contributed by atoms with Crippen molar-refractivity contribution in [3.8, 4) is 0 Å². The van der Waals surface area contributed by atoms with Crippen molar-refractivity contribution in [1.82, 2.24) is 9.80 Å². The van der Waals surface area contributed by atoms with Crippen LogP contribution in [0.15, 0.2) is 65.6 Å². The van der Waals surface area contributed by atoms with Gasteiger partial charge in [0, 0.05) is 34.8 Å². The maximum atomic E-state index is 13.9. The molecule has 0 bridgehead atoms. The number of likely N-dealkylation sites (tertiary alicyclic amines) is 2. The number of fused-ring (bicyclic) bond motifs is 1. The molecule has 190 valence electrons. The van der Waals surface area contributed by atoms with E-state index >= 15 is 0 Å². The Balaban J connectivity index is 1.11. The summed E-state index contributed by atoms with van der Waals surface area (Å²) in [4.78, 5) is 19.3. The van der Waals surface area contributed by atoms with E-state index in [1.807, 2.05) is 34.9 Å². The highest BCUT2D eigenvalue weighted by Crippen LogP contribution is 2.29. The average molecular weight is 505 g/mol. The Morgan fingerprint density at radius 3 is 2.36 bits per heavy atom. The molecule has 0 radical (unpaired) electrons. The van der Waals surface area contributed by atoms with Gasteiger partial charge in [0.05, 0.1) is 0 Å². The number of halogens is 1. The highest BCUT2D eigenvalue weighted by atomic mass is 32.2. The van der Waals surface area contributed by atoms with Gasteiger partial charge in [-0.25, -0.2) is 4.39 Å². The van der Waals surface area contributed by atoms with E-state index in [0.717, 1.165) is 50.3 Å². The van der Waals surface area contributed by atoms with Crippen molar-refractivity contribution in [2.45, 2.75) is 62.1 Å². The summed E-state index contributed by atoms with van der Waals surface area (Å²) in [6, 6.07) is 20.1. The second-order valence-corrected chi connectivity index (χ2v) is 12.3. The molecule has 36 heavy (non-hydrogen) atoms. The Kier molecular flexibility index (Phi) is 7.97. The van der Waals surface area contributed by atoms with Crippen molar-refractivity contribution in [3.63, 3.8) is 0 Å². The molecule has 0 saturated carbocycles.